The Bertz CT molecular complexity index is 512. The van der Waals surface area contributed by atoms with Crippen LogP contribution in [-0.4, -0.2) is 21.1 Å². The minimum absolute atomic E-state index is 0.730. The highest BCUT2D eigenvalue weighted by atomic mass is 15.1. The van der Waals surface area contributed by atoms with E-state index in [1.807, 2.05) is 18.5 Å². The second-order valence-electron chi connectivity index (χ2n) is 5.22. The Morgan fingerprint density at radius 2 is 2.16 bits per heavy atom. The van der Waals surface area contributed by atoms with Crippen molar-refractivity contribution >= 4 is 11.0 Å². The number of rotatable bonds is 7. The molecule has 2 heterocycles. The van der Waals surface area contributed by atoms with E-state index < -0.39 is 0 Å². The van der Waals surface area contributed by atoms with Crippen LogP contribution < -0.4 is 5.73 Å². The van der Waals surface area contributed by atoms with Gasteiger partial charge in [0.05, 0.1) is 11.7 Å². The molecule has 2 rings (SSSR count). The lowest BCUT2D eigenvalue weighted by Crippen LogP contribution is -2.11. The van der Waals surface area contributed by atoms with Crippen LogP contribution in [-0.2, 0) is 13.5 Å². The first-order valence-corrected chi connectivity index (χ1v) is 7.21. The SMILES string of the molecule is CCCC(CCN)CCc1nc2cnccc2n1C. The molecule has 0 bridgehead atoms. The predicted molar refractivity (Wildman–Crippen MR) is 78.9 cm³/mol. The van der Waals surface area contributed by atoms with Crippen molar-refractivity contribution < 1.29 is 0 Å². The Labute approximate surface area is 115 Å². The monoisotopic (exact) mass is 260 g/mol. The van der Waals surface area contributed by atoms with Crippen molar-refractivity contribution in [1.29, 1.82) is 0 Å². The molecule has 0 spiro atoms. The normalized spacial score (nSPS) is 13.0. The standard InChI is InChI=1S/C15H24N4/c1-3-4-12(7-9-16)5-6-15-18-13-11-17-10-8-14(13)19(15)2/h8,10-12H,3-7,9,16H2,1-2H3. The summed E-state index contributed by atoms with van der Waals surface area (Å²) in [6.45, 7) is 3.03. The molecule has 2 aromatic heterocycles. The molecular formula is C15H24N4. The fourth-order valence-corrected chi connectivity index (χ4v) is 2.74. The van der Waals surface area contributed by atoms with Gasteiger partial charge in [0.1, 0.15) is 11.3 Å². The van der Waals surface area contributed by atoms with Crippen molar-refractivity contribution in [3.63, 3.8) is 0 Å². The fraction of sp³-hybridized carbons (Fsp3) is 0.600. The van der Waals surface area contributed by atoms with Crippen LogP contribution in [0.4, 0.5) is 0 Å². The molecule has 104 valence electrons. The first-order valence-electron chi connectivity index (χ1n) is 7.21. The van der Waals surface area contributed by atoms with Gasteiger partial charge in [-0.2, -0.15) is 0 Å². The van der Waals surface area contributed by atoms with Crippen LogP contribution >= 0.6 is 0 Å². The summed E-state index contributed by atoms with van der Waals surface area (Å²) < 4.78 is 2.18. The van der Waals surface area contributed by atoms with E-state index in [0.717, 1.165) is 42.2 Å². The van der Waals surface area contributed by atoms with Crippen LogP contribution in [0.25, 0.3) is 11.0 Å². The van der Waals surface area contributed by atoms with E-state index in [-0.39, 0.29) is 0 Å². The van der Waals surface area contributed by atoms with Crippen LogP contribution in [0.1, 0.15) is 38.4 Å². The van der Waals surface area contributed by atoms with Crippen LogP contribution in [0, 0.1) is 5.92 Å². The molecule has 1 atom stereocenters. The maximum atomic E-state index is 5.69. The van der Waals surface area contributed by atoms with Gasteiger partial charge >= 0.3 is 0 Å². The van der Waals surface area contributed by atoms with Gasteiger partial charge in [-0.25, -0.2) is 4.98 Å². The average molecular weight is 260 g/mol. The van der Waals surface area contributed by atoms with Crippen molar-refractivity contribution in [2.45, 2.75) is 39.0 Å². The Kier molecular flexibility index (Phi) is 4.91. The summed E-state index contributed by atoms with van der Waals surface area (Å²) in [5.74, 6) is 1.88. The van der Waals surface area contributed by atoms with E-state index in [1.54, 1.807) is 0 Å². The molecule has 0 aliphatic carbocycles. The molecule has 4 heteroatoms. The van der Waals surface area contributed by atoms with E-state index >= 15 is 0 Å². The lowest BCUT2D eigenvalue weighted by Gasteiger charge is -2.14. The second-order valence-corrected chi connectivity index (χ2v) is 5.22. The van der Waals surface area contributed by atoms with Gasteiger partial charge in [-0.05, 0) is 31.4 Å². The lowest BCUT2D eigenvalue weighted by molar-refractivity contribution is 0.416. The molecule has 0 fully saturated rings. The van der Waals surface area contributed by atoms with Crippen LogP contribution in [0.5, 0.6) is 0 Å². The predicted octanol–water partition coefficient (Wildman–Crippen LogP) is 2.67. The highest BCUT2D eigenvalue weighted by Gasteiger charge is 2.11. The third-order valence-electron chi connectivity index (χ3n) is 3.82. The Morgan fingerprint density at radius 1 is 1.32 bits per heavy atom. The van der Waals surface area contributed by atoms with Crippen LogP contribution in [0.3, 0.4) is 0 Å². The summed E-state index contributed by atoms with van der Waals surface area (Å²) in [6.07, 6.45) is 9.48. The second kappa shape index (κ2) is 6.66. The zero-order valence-corrected chi connectivity index (χ0v) is 12.0. The number of hydrogen-bond acceptors (Lipinski definition) is 3. The summed E-state index contributed by atoms with van der Waals surface area (Å²) in [6, 6.07) is 2.02. The number of aromatic nitrogens is 3. The number of pyridine rings is 1. The maximum Gasteiger partial charge on any atom is 0.109 e. The zero-order valence-electron chi connectivity index (χ0n) is 12.0. The highest BCUT2D eigenvalue weighted by molar-refractivity contribution is 5.74. The largest absolute Gasteiger partial charge is 0.331 e. The molecule has 2 aromatic rings. The van der Waals surface area contributed by atoms with Gasteiger partial charge in [-0.1, -0.05) is 19.8 Å². The van der Waals surface area contributed by atoms with E-state index in [1.165, 1.54) is 19.3 Å². The number of fused-ring (bicyclic) bond motifs is 1. The van der Waals surface area contributed by atoms with Gasteiger partial charge in [0, 0.05) is 19.7 Å². The summed E-state index contributed by atoms with van der Waals surface area (Å²) in [5, 5.41) is 0. The number of aryl methyl sites for hydroxylation is 2. The average Bonchev–Trinajstić information content (AvgIpc) is 2.74. The Hall–Kier alpha value is -1.42. The van der Waals surface area contributed by atoms with Gasteiger partial charge in [-0.15, -0.1) is 0 Å². The molecule has 0 aliphatic heterocycles. The minimum Gasteiger partial charge on any atom is -0.331 e. The molecule has 4 nitrogen and oxygen atoms in total. The fourth-order valence-electron chi connectivity index (χ4n) is 2.74. The molecule has 1 unspecified atom stereocenters. The van der Waals surface area contributed by atoms with Gasteiger partial charge in [-0.3, -0.25) is 4.98 Å². The summed E-state index contributed by atoms with van der Waals surface area (Å²) >= 11 is 0. The molecule has 19 heavy (non-hydrogen) atoms. The van der Waals surface area contributed by atoms with Crippen molar-refractivity contribution in [1.82, 2.24) is 14.5 Å². The van der Waals surface area contributed by atoms with E-state index in [0.29, 0.717) is 0 Å². The van der Waals surface area contributed by atoms with Crippen LogP contribution in [0.15, 0.2) is 18.5 Å². The summed E-state index contributed by atoms with van der Waals surface area (Å²) in [7, 11) is 2.09. The van der Waals surface area contributed by atoms with Gasteiger partial charge in [0.2, 0.25) is 0 Å². The quantitative estimate of drug-likeness (QED) is 0.832. The zero-order chi connectivity index (χ0) is 13.7. The minimum atomic E-state index is 0.730. The molecule has 0 aromatic carbocycles. The number of nitrogens with two attached hydrogens (primary N) is 1. The maximum absolute atomic E-state index is 5.69. The van der Waals surface area contributed by atoms with E-state index in [2.05, 4.69) is 28.5 Å². The Morgan fingerprint density at radius 3 is 2.84 bits per heavy atom. The van der Waals surface area contributed by atoms with Crippen molar-refractivity contribution in [2.75, 3.05) is 6.54 Å². The Balaban J connectivity index is 2.06. The van der Waals surface area contributed by atoms with Crippen molar-refractivity contribution in [2.24, 2.45) is 18.7 Å². The van der Waals surface area contributed by atoms with Crippen molar-refractivity contribution in [3.8, 4) is 0 Å². The van der Waals surface area contributed by atoms with Gasteiger partial charge < -0.3 is 10.3 Å². The smallest absolute Gasteiger partial charge is 0.109 e. The molecule has 2 N–H and O–H groups in total. The third kappa shape index (κ3) is 3.32. The topological polar surface area (TPSA) is 56.7 Å². The van der Waals surface area contributed by atoms with Gasteiger partial charge in [0.15, 0.2) is 0 Å². The third-order valence-corrected chi connectivity index (χ3v) is 3.82. The lowest BCUT2D eigenvalue weighted by atomic mass is 9.94. The van der Waals surface area contributed by atoms with E-state index in [4.69, 9.17) is 5.73 Å². The highest BCUT2D eigenvalue weighted by Crippen LogP contribution is 2.20. The van der Waals surface area contributed by atoms with Gasteiger partial charge in [0.25, 0.3) is 0 Å². The number of imidazole rings is 1. The van der Waals surface area contributed by atoms with E-state index in [9.17, 15) is 0 Å². The summed E-state index contributed by atoms with van der Waals surface area (Å²) in [5.41, 5.74) is 7.85. The van der Waals surface area contributed by atoms with Crippen LogP contribution in [0.2, 0.25) is 0 Å². The molecule has 0 amide bonds. The first-order chi connectivity index (χ1) is 9.26. The molecule has 0 saturated heterocycles. The first kappa shape index (κ1) is 14.0. The molecule has 0 radical (unpaired) electrons. The summed E-state index contributed by atoms with van der Waals surface area (Å²) in [4.78, 5) is 8.80. The molecule has 0 saturated carbocycles. The van der Waals surface area contributed by atoms with Crippen molar-refractivity contribution in [3.05, 3.63) is 24.3 Å². The molecule has 0 aliphatic rings. The number of nitrogens with zero attached hydrogens (tertiary/aromatic N) is 3. The molecular weight excluding hydrogens is 236 g/mol. The number of hydrogen-bond donors (Lipinski definition) is 1.